The van der Waals surface area contributed by atoms with Gasteiger partial charge in [0, 0.05) is 26.5 Å². The van der Waals surface area contributed by atoms with E-state index in [0.717, 1.165) is 21.7 Å². The summed E-state index contributed by atoms with van der Waals surface area (Å²) in [6, 6.07) is 1.22. The Morgan fingerprint density at radius 3 is 2.35 bits per heavy atom. The van der Waals surface area contributed by atoms with Crippen LogP contribution in [-0.2, 0) is 11.5 Å². The van der Waals surface area contributed by atoms with Gasteiger partial charge in [0.1, 0.15) is 15.9 Å². The highest BCUT2D eigenvalue weighted by Gasteiger charge is 2.29. The van der Waals surface area contributed by atoms with Crippen molar-refractivity contribution < 1.29 is 4.74 Å². The molecule has 2 heterocycles. The number of nitrogens with one attached hydrogen (secondary N) is 1. The van der Waals surface area contributed by atoms with Crippen LogP contribution in [0.3, 0.4) is 0 Å². The Kier molecular flexibility index (Phi) is 6.80. The van der Waals surface area contributed by atoms with Crippen LogP contribution in [0.2, 0.25) is 25.7 Å². The molecule has 2 aliphatic rings. The lowest BCUT2D eigenvalue weighted by Gasteiger charge is -2.16. The predicted molar refractivity (Wildman–Crippen MR) is 114 cm³/mol. The lowest BCUT2D eigenvalue weighted by molar-refractivity contribution is 0.0852. The van der Waals surface area contributed by atoms with Crippen molar-refractivity contribution in [3.63, 3.8) is 0 Å². The van der Waals surface area contributed by atoms with E-state index in [9.17, 15) is 0 Å². The van der Waals surface area contributed by atoms with Gasteiger partial charge in [0.25, 0.3) is 0 Å². The molecular weight excluding hydrogens is 476 g/mol. The molecule has 0 bridgehead atoms. The fourth-order valence-electron chi connectivity index (χ4n) is 2.72. The largest absolute Gasteiger partial charge is 0.361 e. The highest BCUT2D eigenvalue weighted by molar-refractivity contribution is 9.10. The summed E-state index contributed by atoms with van der Waals surface area (Å²) in [4.78, 5) is 11.5. The Morgan fingerprint density at radius 2 is 1.81 bits per heavy atom. The average Bonchev–Trinajstić information content (AvgIpc) is 3.49. The molecule has 2 saturated carbocycles. The standard InChI is InChI=1S/C12H21BrN2OSi.C6H7BrN2/c1-17(2,3)7-6-16-9-15-8-14-12(13)11(15)10-4-5-10;7-6-5(4-1-2-4)8-3-9-6/h8,10H,4-7,9H2,1-3H3;3-4H,1-2H2,(H,8,9). The van der Waals surface area contributed by atoms with Crippen molar-refractivity contribution in [3.05, 3.63) is 33.2 Å². The molecule has 2 aromatic heterocycles. The maximum absolute atomic E-state index is 5.76. The van der Waals surface area contributed by atoms with E-state index in [-0.39, 0.29) is 0 Å². The molecule has 5 nitrogen and oxygen atoms in total. The van der Waals surface area contributed by atoms with Crippen molar-refractivity contribution in [2.45, 2.75) is 69.9 Å². The number of halogens is 2. The summed E-state index contributed by atoms with van der Waals surface area (Å²) in [5, 5.41) is 0. The smallest absolute Gasteiger partial charge is 0.127 e. The molecule has 0 radical (unpaired) electrons. The zero-order valence-corrected chi connectivity index (χ0v) is 19.9. The van der Waals surface area contributed by atoms with E-state index in [1.807, 2.05) is 6.33 Å². The van der Waals surface area contributed by atoms with Gasteiger partial charge in [0.05, 0.1) is 24.0 Å². The van der Waals surface area contributed by atoms with Crippen molar-refractivity contribution in [3.8, 4) is 0 Å². The van der Waals surface area contributed by atoms with Crippen LogP contribution in [0.15, 0.2) is 21.9 Å². The van der Waals surface area contributed by atoms with E-state index in [1.54, 1.807) is 6.33 Å². The molecular formula is C18H28Br2N4OSi. The van der Waals surface area contributed by atoms with Gasteiger partial charge >= 0.3 is 0 Å². The Hall–Kier alpha value is -0.443. The maximum Gasteiger partial charge on any atom is 0.127 e. The second-order valence-electron chi connectivity index (χ2n) is 8.39. The van der Waals surface area contributed by atoms with Gasteiger partial charge in [0.2, 0.25) is 0 Å². The molecule has 0 aliphatic heterocycles. The summed E-state index contributed by atoms with van der Waals surface area (Å²) >= 11 is 6.88. The van der Waals surface area contributed by atoms with Crippen LogP contribution in [0.4, 0.5) is 0 Å². The topological polar surface area (TPSA) is 55.7 Å². The molecule has 0 amide bonds. The average molecular weight is 504 g/mol. The molecule has 144 valence electrons. The SMILES string of the molecule is Brc1nc[nH]c1C1CC1.C[Si](C)(C)CCOCn1cnc(Br)c1C1CC1. The number of H-pyrrole nitrogens is 1. The van der Waals surface area contributed by atoms with E-state index < -0.39 is 8.07 Å². The van der Waals surface area contributed by atoms with E-state index in [0.29, 0.717) is 12.6 Å². The first kappa shape index (κ1) is 20.3. The monoisotopic (exact) mass is 502 g/mol. The summed E-state index contributed by atoms with van der Waals surface area (Å²) in [5.74, 6) is 1.47. The summed E-state index contributed by atoms with van der Waals surface area (Å²) in [7, 11) is -0.972. The Morgan fingerprint density at radius 1 is 1.12 bits per heavy atom. The fourth-order valence-corrected chi connectivity index (χ4v) is 4.66. The van der Waals surface area contributed by atoms with Crippen LogP contribution in [-0.4, -0.2) is 34.2 Å². The number of rotatable bonds is 7. The minimum atomic E-state index is -0.972. The first-order valence-electron chi connectivity index (χ1n) is 9.32. The summed E-state index contributed by atoms with van der Waals surface area (Å²) in [5.41, 5.74) is 2.59. The van der Waals surface area contributed by atoms with Crippen LogP contribution in [0.1, 0.15) is 48.9 Å². The number of nitrogens with zero attached hydrogens (tertiary/aromatic N) is 3. The third-order valence-corrected chi connectivity index (χ3v) is 7.57. The molecule has 2 fully saturated rings. The summed E-state index contributed by atoms with van der Waals surface area (Å²) in [6.07, 6.45) is 8.84. The Bertz CT molecular complexity index is 717. The minimum absolute atomic E-state index is 0.648. The molecule has 0 saturated heterocycles. The second-order valence-corrected chi connectivity index (χ2v) is 15.5. The molecule has 4 rings (SSSR count). The third kappa shape index (κ3) is 6.04. The molecule has 1 N–H and O–H groups in total. The van der Waals surface area contributed by atoms with Crippen molar-refractivity contribution in [1.82, 2.24) is 19.5 Å². The Balaban J connectivity index is 0.000000181. The zero-order chi connectivity index (χ0) is 18.7. The minimum Gasteiger partial charge on any atom is -0.361 e. The maximum atomic E-state index is 5.76. The van der Waals surface area contributed by atoms with Crippen LogP contribution < -0.4 is 0 Å². The van der Waals surface area contributed by atoms with E-state index in [4.69, 9.17) is 4.74 Å². The molecule has 0 aromatic carbocycles. The molecule has 8 heteroatoms. The van der Waals surface area contributed by atoms with Crippen molar-refractivity contribution in [1.29, 1.82) is 0 Å². The quantitative estimate of drug-likeness (QED) is 0.378. The van der Waals surface area contributed by atoms with Crippen LogP contribution in [0.25, 0.3) is 0 Å². The summed E-state index contributed by atoms with van der Waals surface area (Å²) in [6.45, 7) is 8.64. The molecule has 2 aliphatic carbocycles. The molecule has 2 aromatic rings. The van der Waals surface area contributed by atoms with Crippen LogP contribution in [0, 0.1) is 0 Å². The van der Waals surface area contributed by atoms with E-state index >= 15 is 0 Å². The second kappa shape index (κ2) is 8.71. The van der Waals surface area contributed by atoms with Gasteiger partial charge in [0.15, 0.2) is 0 Å². The highest BCUT2D eigenvalue weighted by Crippen LogP contribution is 2.43. The van der Waals surface area contributed by atoms with Gasteiger partial charge in [-0.05, 0) is 63.6 Å². The number of aromatic nitrogens is 4. The lowest BCUT2D eigenvalue weighted by atomic mass is 10.3. The number of hydrogen-bond acceptors (Lipinski definition) is 3. The molecule has 0 atom stereocenters. The lowest BCUT2D eigenvalue weighted by Crippen LogP contribution is -2.22. The fraction of sp³-hybridized carbons (Fsp3) is 0.667. The number of imidazole rings is 2. The van der Waals surface area contributed by atoms with Gasteiger partial charge in [-0.2, -0.15) is 0 Å². The number of hydrogen-bond donors (Lipinski definition) is 1. The van der Waals surface area contributed by atoms with Crippen molar-refractivity contribution >= 4 is 39.9 Å². The zero-order valence-electron chi connectivity index (χ0n) is 15.8. The molecule has 0 unspecified atom stereocenters. The summed E-state index contributed by atoms with van der Waals surface area (Å²) < 4.78 is 9.89. The molecule has 0 spiro atoms. The molecule has 26 heavy (non-hydrogen) atoms. The van der Waals surface area contributed by atoms with Gasteiger partial charge in [-0.3, -0.25) is 0 Å². The van der Waals surface area contributed by atoms with Crippen LogP contribution in [0.5, 0.6) is 0 Å². The first-order chi connectivity index (χ1) is 12.3. The van der Waals surface area contributed by atoms with Crippen molar-refractivity contribution in [2.24, 2.45) is 0 Å². The van der Waals surface area contributed by atoms with Gasteiger partial charge in [-0.15, -0.1) is 0 Å². The normalized spacial score (nSPS) is 17.1. The highest BCUT2D eigenvalue weighted by atomic mass is 79.9. The van der Waals surface area contributed by atoms with E-state index in [2.05, 4.69) is 71.0 Å². The predicted octanol–water partition coefficient (Wildman–Crippen LogP) is 5.88. The number of ether oxygens (including phenoxy) is 1. The van der Waals surface area contributed by atoms with Crippen LogP contribution >= 0.6 is 31.9 Å². The van der Waals surface area contributed by atoms with Gasteiger partial charge in [-0.1, -0.05) is 19.6 Å². The Labute approximate surface area is 173 Å². The van der Waals surface area contributed by atoms with Gasteiger partial charge in [-0.25, -0.2) is 9.97 Å². The number of aromatic amines is 1. The third-order valence-electron chi connectivity index (χ3n) is 4.63. The van der Waals surface area contributed by atoms with Crippen molar-refractivity contribution in [2.75, 3.05) is 6.61 Å². The van der Waals surface area contributed by atoms with Gasteiger partial charge < -0.3 is 14.3 Å². The van der Waals surface area contributed by atoms with E-state index in [1.165, 1.54) is 43.1 Å². The first-order valence-corrected chi connectivity index (χ1v) is 14.6.